The van der Waals surface area contributed by atoms with Crippen LogP contribution >= 0.6 is 0 Å². The second-order valence-corrected chi connectivity index (χ2v) is 6.61. The van der Waals surface area contributed by atoms with Crippen molar-refractivity contribution >= 4 is 5.91 Å². The van der Waals surface area contributed by atoms with E-state index in [2.05, 4.69) is 9.97 Å². The van der Waals surface area contributed by atoms with Gasteiger partial charge in [0.15, 0.2) is 0 Å². The van der Waals surface area contributed by atoms with Gasteiger partial charge in [-0.25, -0.2) is 4.98 Å². The molecule has 1 aromatic heterocycles. The van der Waals surface area contributed by atoms with Gasteiger partial charge in [0.1, 0.15) is 6.10 Å². The van der Waals surface area contributed by atoms with E-state index in [0.717, 1.165) is 17.5 Å². The van der Waals surface area contributed by atoms with Crippen LogP contribution in [0.5, 0.6) is 5.88 Å². The van der Waals surface area contributed by atoms with Crippen LogP contribution in [0.1, 0.15) is 23.5 Å². The van der Waals surface area contributed by atoms with Crippen LogP contribution in [0.2, 0.25) is 0 Å². The quantitative estimate of drug-likeness (QED) is 0.701. The van der Waals surface area contributed by atoms with Crippen molar-refractivity contribution in [1.29, 1.82) is 0 Å². The Labute approximate surface area is 158 Å². The van der Waals surface area contributed by atoms with E-state index >= 15 is 0 Å². The molecule has 1 amide bonds. The summed E-state index contributed by atoms with van der Waals surface area (Å²) in [4.78, 5) is 23.5. The van der Waals surface area contributed by atoms with E-state index in [1.54, 1.807) is 18.6 Å². The molecule has 0 aliphatic carbocycles. The summed E-state index contributed by atoms with van der Waals surface area (Å²) in [6, 6.07) is 19.9. The first-order valence-corrected chi connectivity index (χ1v) is 9.12. The van der Waals surface area contributed by atoms with Gasteiger partial charge < -0.3 is 9.64 Å². The summed E-state index contributed by atoms with van der Waals surface area (Å²) in [6.45, 7) is 1.24. The lowest BCUT2D eigenvalue weighted by Gasteiger charge is -2.24. The van der Waals surface area contributed by atoms with Crippen molar-refractivity contribution in [2.24, 2.45) is 0 Å². The molecule has 0 saturated carbocycles. The molecule has 27 heavy (non-hydrogen) atoms. The minimum Gasteiger partial charge on any atom is -0.471 e. The lowest BCUT2D eigenvalue weighted by molar-refractivity contribution is -0.131. The van der Waals surface area contributed by atoms with Crippen molar-refractivity contribution in [2.75, 3.05) is 13.1 Å². The molecular formula is C22H21N3O2. The summed E-state index contributed by atoms with van der Waals surface area (Å²) >= 11 is 0. The van der Waals surface area contributed by atoms with Crippen molar-refractivity contribution in [3.05, 3.63) is 90.4 Å². The number of carbonyl (C=O) groups is 1. The molecule has 1 fully saturated rings. The minimum absolute atomic E-state index is 0.0575. The van der Waals surface area contributed by atoms with Gasteiger partial charge in [0.25, 0.3) is 0 Å². The Morgan fingerprint density at radius 3 is 2.26 bits per heavy atom. The Bertz CT molecular complexity index is 832. The number of benzene rings is 2. The van der Waals surface area contributed by atoms with E-state index in [9.17, 15) is 4.79 Å². The van der Waals surface area contributed by atoms with E-state index in [1.807, 2.05) is 65.6 Å². The standard InChI is InChI=1S/C22H21N3O2/c26-22(25-14-11-19(16-25)27-20-15-23-12-13-24-20)21(17-7-3-1-4-8-17)18-9-5-2-6-10-18/h1-10,12-13,15,19,21H,11,14,16H2. The molecule has 0 bridgehead atoms. The molecule has 1 unspecified atom stereocenters. The molecule has 5 heteroatoms. The first kappa shape index (κ1) is 17.2. The van der Waals surface area contributed by atoms with Gasteiger partial charge in [-0.05, 0) is 11.1 Å². The van der Waals surface area contributed by atoms with Crippen LogP contribution in [-0.4, -0.2) is 40.0 Å². The molecule has 5 nitrogen and oxygen atoms in total. The Morgan fingerprint density at radius 1 is 1.00 bits per heavy atom. The monoisotopic (exact) mass is 359 g/mol. The van der Waals surface area contributed by atoms with Crippen LogP contribution < -0.4 is 4.74 Å². The molecule has 0 spiro atoms. The molecule has 4 rings (SSSR count). The first-order valence-electron chi connectivity index (χ1n) is 9.12. The van der Waals surface area contributed by atoms with Gasteiger partial charge in [0.05, 0.1) is 18.7 Å². The Balaban J connectivity index is 1.52. The molecular weight excluding hydrogens is 338 g/mol. The average Bonchev–Trinajstić information content (AvgIpc) is 3.19. The fourth-order valence-electron chi connectivity index (χ4n) is 3.49. The number of rotatable bonds is 5. The summed E-state index contributed by atoms with van der Waals surface area (Å²) in [7, 11) is 0. The molecule has 1 atom stereocenters. The van der Waals surface area contributed by atoms with Crippen molar-refractivity contribution in [2.45, 2.75) is 18.4 Å². The Morgan fingerprint density at radius 2 is 1.67 bits per heavy atom. The third kappa shape index (κ3) is 3.97. The zero-order valence-corrected chi connectivity index (χ0v) is 14.9. The molecule has 1 saturated heterocycles. The van der Waals surface area contributed by atoms with E-state index in [4.69, 9.17) is 4.74 Å². The highest BCUT2D eigenvalue weighted by atomic mass is 16.5. The highest BCUT2D eigenvalue weighted by Crippen LogP contribution is 2.29. The smallest absolute Gasteiger partial charge is 0.234 e. The van der Waals surface area contributed by atoms with Gasteiger partial charge >= 0.3 is 0 Å². The zero-order valence-electron chi connectivity index (χ0n) is 14.9. The molecule has 1 aliphatic heterocycles. The fraction of sp³-hybridized carbons (Fsp3) is 0.227. The van der Waals surface area contributed by atoms with E-state index < -0.39 is 0 Å². The predicted molar refractivity (Wildman–Crippen MR) is 102 cm³/mol. The van der Waals surface area contributed by atoms with E-state index in [1.165, 1.54) is 0 Å². The summed E-state index contributed by atoms with van der Waals surface area (Å²) in [5.74, 6) is 0.305. The predicted octanol–water partition coefficient (Wildman–Crippen LogP) is 3.29. The van der Waals surface area contributed by atoms with Crippen LogP contribution in [0, 0.1) is 0 Å². The second-order valence-electron chi connectivity index (χ2n) is 6.61. The maximum Gasteiger partial charge on any atom is 0.234 e. The molecule has 3 aromatic rings. The molecule has 0 N–H and O–H groups in total. The SMILES string of the molecule is O=C(C(c1ccccc1)c1ccccc1)N1CCC(Oc2cnccn2)C1. The van der Waals surface area contributed by atoms with Crippen LogP contribution in [0.4, 0.5) is 0 Å². The number of carbonyl (C=O) groups excluding carboxylic acids is 1. The molecule has 2 heterocycles. The minimum atomic E-state index is -0.303. The van der Waals surface area contributed by atoms with Crippen molar-refractivity contribution in [3.8, 4) is 5.88 Å². The number of likely N-dealkylation sites (tertiary alicyclic amines) is 1. The average molecular weight is 359 g/mol. The van der Waals surface area contributed by atoms with Crippen LogP contribution in [0.3, 0.4) is 0 Å². The Kier molecular flexibility index (Phi) is 5.10. The number of hydrogen-bond acceptors (Lipinski definition) is 4. The van der Waals surface area contributed by atoms with Crippen molar-refractivity contribution in [3.63, 3.8) is 0 Å². The van der Waals surface area contributed by atoms with Gasteiger partial charge in [-0.3, -0.25) is 9.78 Å². The summed E-state index contributed by atoms with van der Waals surface area (Å²) in [5.41, 5.74) is 2.01. The molecule has 0 radical (unpaired) electrons. The molecule has 136 valence electrons. The summed E-state index contributed by atoms with van der Waals surface area (Å²) in [5, 5.41) is 0. The van der Waals surface area contributed by atoms with Gasteiger partial charge in [-0.1, -0.05) is 60.7 Å². The highest BCUT2D eigenvalue weighted by Gasteiger charge is 2.33. The number of nitrogens with zero attached hydrogens (tertiary/aromatic N) is 3. The maximum atomic E-state index is 13.4. The van der Waals surface area contributed by atoms with E-state index in [0.29, 0.717) is 19.0 Å². The topological polar surface area (TPSA) is 55.3 Å². The molecule has 2 aromatic carbocycles. The number of amides is 1. The second kappa shape index (κ2) is 7.99. The lowest BCUT2D eigenvalue weighted by Crippen LogP contribution is -2.35. The van der Waals surface area contributed by atoms with Crippen molar-refractivity contribution in [1.82, 2.24) is 14.9 Å². The lowest BCUT2D eigenvalue weighted by atomic mass is 9.90. The van der Waals surface area contributed by atoms with Gasteiger partial charge in [0, 0.05) is 25.4 Å². The normalized spacial score (nSPS) is 16.5. The highest BCUT2D eigenvalue weighted by molar-refractivity contribution is 5.87. The molecule has 1 aliphatic rings. The van der Waals surface area contributed by atoms with Gasteiger partial charge in [-0.15, -0.1) is 0 Å². The number of ether oxygens (including phenoxy) is 1. The largest absolute Gasteiger partial charge is 0.471 e. The third-order valence-electron chi connectivity index (χ3n) is 4.80. The summed E-state index contributed by atoms with van der Waals surface area (Å²) in [6.07, 6.45) is 5.55. The summed E-state index contributed by atoms with van der Waals surface area (Å²) < 4.78 is 5.88. The van der Waals surface area contributed by atoms with Gasteiger partial charge in [-0.2, -0.15) is 0 Å². The zero-order chi connectivity index (χ0) is 18.5. The fourth-order valence-corrected chi connectivity index (χ4v) is 3.49. The number of hydrogen-bond donors (Lipinski definition) is 0. The third-order valence-corrected chi connectivity index (χ3v) is 4.80. The number of aromatic nitrogens is 2. The van der Waals surface area contributed by atoms with Crippen molar-refractivity contribution < 1.29 is 9.53 Å². The first-order chi connectivity index (χ1) is 13.3. The Hall–Kier alpha value is -3.21. The van der Waals surface area contributed by atoms with Crippen LogP contribution in [0.25, 0.3) is 0 Å². The van der Waals surface area contributed by atoms with Crippen LogP contribution in [0.15, 0.2) is 79.3 Å². The van der Waals surface area contributed by atoms with Crippen LogP contribution in [-0.2, 0) is 4.79 Å². The maximum absolute atomic E-state index is 13.4. The van der Waals surface area contributed by atoms with E-state index in [-0.39, 0.29) is 17.9 Å². The van der Waals surface area contributed by atoms with Gasteiger partial charge in [0.2, 0.25) is 11.8 Å².